The quantitative estimate of drug-likeness (QED) is 0.645. The summed E-state index contributed by atoms with van der Waals surface area (Å²) in [5.74, 6) is 0. The first kappa shape index (κ1) is 16.2. The first-order chi connectivity index (χ1) is 10.1. The van der Waals surface area contributed by atoms with Gasteiger partial charge in [-0.3, -0.25) is 4.90 Å². The van der Waals surface area contributed by atoms with Crippen LogP contribution in [0.2, 0.25) is 0 Å². The van der Waals surface area contributed by atoms with Gasteiger partial charge in [0.1, 0.15) is 0 Å². The Kier molecular flexibility index (Phi) is 6.42. The monoisotopic (exact) mass is 307 g/mol. The van der Waals surface area contributed by atoms with Crippen molar-refractivity contribution in [2.45, 2.75) is 20.3 Å². The van der Waals surface area contributed by atoms with Crippen molar-refractivity contribution in [3.63, 3.8) is 0 Å². The van der Waals surface area contributed by atoms with Crippen molar-refractivity contribution >= 4 is 23.0 Å². The molecule has 116 valence electrons. The van der Waals surface area contributed by atoms with Crippen molar-refractivity contribution in [3.8, 4) is 0 Å². The fraction of sp³-hybridized carbons (Fsp3) is 0.562. The zero-order valence-corrected chi connectivity index (χ0v) is 13.8. The van der Waals surface area contributed by atoms with Crippen LogP contribution in [-0.2, 0) is 4.74 Å². The molecule has 1 aromatic rings. The predicted octanol–water partition coefficient (Wildman–Crippen LogP) is 2.31. The van der Waals surface area contributed by atoms with E-state index < -0.39 is 0 Å². The molecule has 1 heterocycles. The maximum Gasteiger partial charge on any atom is 0.170 e. The molecule has 0 aliphatic carbocycles. The molecule has 2 rings (SSSR count). The van der Waals surface area contributed by atoms with E-state index in [2.05, 4.69) is 47.6 Å². The molecule has 0 saturated carbocycles. The third-order valence-corrected chi connectivity index (χ3v) is 3.93. The van der Waals surface area contributed by atoms with Crippen molar-refractivity contribution in [1.29, 1.82) is 0 Å². The minimum Gasteiger partial charge on any atom is -0.379 e. The number of nitrogens with one attached hydrogen (secondary N) is 2. The highest BCUT2D eigenvalue weighted by Crippen LogP contribution is 2.16. The average molecular weight is 307 g/mol. The van der Waals surface area contributed by atoms with Gasteiger partial charge in [0.15, 0.2) is 5.11 Å². The lowest BCUT2D eigenvalue weighted by Gasteiger charge is -2.26. The number of hydrogen-bond donors (Lipinski definition) is 2. The van der Waals surface area contributed by atoms with Gasteiger partial charge in [0.25, 0.3) is 0 Å². The van der Waals surface area contributed by atoms with Gasteiger partial charge in [0, 0.05) is 25.3 Å². The van der Waals surface area contributed by atoms with Crippen molar-refractivity contribution < 1.29 is 4.74 Å². The fourth-order valence-electron chi connectivity index (χ4n) is 2.37. The number of thiocarbonyl (C=S) groups is 1. The van der Waals surface area contributed by atoms with Gasteiger partial charge < -0.3 is 15.4 Å². The summed E-state index contributed by atoms with van der Waals surface area (Å²) in [6, 6.07) is 6.34. The summed E-state index contributed by atoms with van der Waals surface area (Å²) in [4.78, 5) is 2.44. The molecule has 1 aliphatic rings. The number of nitrogens with zero attached hydrogens (tertiary/aromatic N) is 1. The van der Waals surface area contributed by atoms with Crippen LogP contribution in [0, 0.1) is 13.8 Å². The second-order valence-corrected chi connectivity index (χ2v) is 5.92. The van der Waals surface area contributed by atoms with Crippen LogP contribution in [0.1, 0.15) is 17.5 Å². The summed E-state index contributed by atoms with van der Waals surface area (Å²) in [5, 5.41) is 7.26. The van der Waals surface area contributed by atoms with E-state index in [0.29, 0.717) is 5.11 Å². The number of morpholine rings is 1. The Morgan fingerprint density at radius 2 is 2.05 bits per heavy atom. The van der Waals surface area contributed by atoms with E-state index in [1.54, 1.807) is 0 Å². The van der Waals surface area contributed by atoms with E-state index in [1.165, 1.54) is 11.1 Å². The molecule has 2 N–H and O–H groups in total. The third-order valence-electron chi connectivity index (χ3n) is 3.68. The van der Waals surface area contributed by atoms with E-state index in [-0.39, 0.29) is 0 Å². The van der Waals surface area contributed by atoms with E-state index in [1.807, 2.05) is 0 Å². The molecule has 21 heavy (non-hydrogen) atoms. The lowest BCUT2D eigenvalue weighted by molar-refractivity contribution is 0.0376. The van der Waals surface area contributed by atoms with Gasteiger partial charge in [0.05, 0.1) is 13.2 Å². The Hall–Kier alpha value is -1.17. The molecule has 5 heteroatoms. The van der Waals surface area contributed by atoms with Crippen molar-refractivity contribution in [2.24, 2.45) is 0 Å². The van der Waals surface area contributed by atoms with Gasteiger partial charge in [0.2, 0.25) is 0 Å². The summed E-state index contributed by atoms with van der Waals surface area (Å²) in [5.41, 5.74) is 3.52. The van der Waals surface area contributed by atoms with Crippen LogP contribution >= 0.6 is 12.2 Å². The standard InChI is InChI=1S/C16H25N3OS/c1-13-4-5-14(2)15(12-13)18-16(21)17-6-3-7-19-8-10-20-11-9-19/h4-5,12H,3,6-11H2,1-2H3,(H2,17,18,21). The lowest BCUT2D eigenvalue weighted by atomic mass is 10.1. The van der Waals surface area contributed by atoms with Gasteiger partial charge in [-0.15, -0.1) is 0 Å². The number of hydrogen-bond acceptors (Lipinski definition) is 3. The SMILES string of the molecule is Cc1ccc(C)c(NC(=S)NCCCN2CCOCC2)c1. The molecule has 0 bridgehead atoms. The second kappa shape index (κ2) is 8.32. The summed E-state index contributed by atoms with van der Waals surface area (Å²) < 4.78 is 5.34. The zero-order chi connectivity index (χ0) is 15.1. The van der Waals surface area contributed by atoms with E-state index in [0.717, 1.165) is 51.5 Å². The molecule has 4 nitrogen and oxygen atoms in total. The number of ether oxygens (including phenoxy) is 1. The van der Waals surface area contributed by atoms with Crippen molar-refractivity contribution in [1.82, 2.24) is 10.2 Å². The lowest BCUT2D eigenvalue weighted by Crippen LogP contribution is -2.38. The van der Waals surface area contributed by atoms with E-state index in [9.17, 15) is 0 Å². The van der Waals surface area contributed by atoms with Crippen LogP contribution in [0.5, 0.6) is 0 Å². The number of aryl methyl sites for hydroxylation is 2. The average Bonchev–Trinajstić information content (AvgIpc) is 2.48. The number of benzene rings is 1. The first-order valence-corrected chi connectivity index (χ1v) is 7.98. The van der Waals surface area contributed by atoms with Crippen LogP contribution in [0.4, 0.5) is 5.69 Å². The Labute approximate surface area is 132 Å². The molecule has 0 atom stereocenters. The van der Waals surface area contributed by atoms with Crippen molar-refractivity contribution in [3.05, 3.63) is 29.3 Å². The minimum atomic E-state index is 0.700. The third kappa shape index (κ3) is 5.61. The van der Waals surface area contributed by atoms with Crippen LogP contribution in [0.3, 0.4) is 0 Å². The molecule has 0 amide bonds. The highest BCUT2D eigenvalue weighted by molar-refractivity contribution is 7.80. The Morgan fingerprint density at radius 3 is 2.81 bits per heavy atom. The topological polar surface area (TPSA) is 36.5 Å². The highest BCUT2D eigenvalue weighted by Gasteiger charge is 2.09. The normalized spacial score (nSPS) is 15.7. The Bertz CT molecular complexity index is 473. The van der Waals surface area contributed by atoms with Crippen LogP contribution in [-0.4, -0.2) is 49.4 Å². The molecule has 1 saturated heterocycles. The summed E-state index contributed by atoms with van der Waals surface area (Å²) in [6.07, 6.45) is 1.09. The molecular weight excluding hydrogens is 282 g/mol. The van der Waals surface area contributed by atoms with Crippen LogP contribution in [0.25, 0.3) is 0 Å². The highest BCUT2D eigenvalue weighted by atomic mass is 32.1. The Balaban J connectivity index is 1.66. The maximum atomic E-state index is 5.35. The van der Waals surface area contributed by atoms with Crippen LogP contribution < -0.4 is 10.6 Å². The minimum absolute atomic E-state index is 0.700. The second-order valence-electron chi connectivity index (χ2n) is 5.51. The summed E-state index contributed by atoms with van der Waals surface area (Å²) >= 11 is 5.35. The molecule has 1 fully saturated rings. The first-order valence-electron chi connectivity index (χ1n) is 7.57. The summed E-state index contributed by atoms with van der Waals surface area (Å²) in [6.45, 7) is 9.99. The van der Waals surface area contributed by atoms with Crippen LogP contribution in [0.15, 0.2) is 18.2 Å². The smallest absolute Gasteiger partial charge is 0.170 e. The summed E-state index contributed by atoms with van der Waals surface area (Å²) in [7, 11) is 0. The number of rotatable bonds is 5. The zero-order valence-electron chi connectivity index (χ0n) is 12.9. The predicted molar refractivity (Wildman–Crippen MR) is 92.0 cm³/mol. The van der Waals surface area contributed by atoms with Gasteiger partial charge in [-0.25, -0.2) is 0 Å². The molecule has 0 spiro atoms. The van der Waals surface area contributed by atoms with E-state index >= 15 is 0 Å². The molecule has 1 aromatic carbocycles. The van der Waals surface area contributed by atoms with Gasteiger partial charge in [-0.2, -0.15) is 0 Å². The van der Waals surface area contributed by atoms with E-state index in [4.69, 9.17) is 17.0 Å². The fourth-order valence-corrected chi connectivity index (χ4v) is 2.58. The molecule has 1 aliphatic heterocycles. The Morgan fingerprint density at radius 1 is 1.29 bits per heavy atom. The number of anilines is 1. The molecular formula is C16H25N3OS. The molecule has 0 aromatic heterocycles. The largest absolute Gasteiger partial charge is 0.379 e. The van der Waals surface area contributed by atoms with Gasteiger partial charge >= 0.3 is 0 Å². The van der Waals surface area contributed by atoms with Gasteiger partial charge in [-0.1, -0.05) is 12.1 Å². The molecule has 0 radical (unpaired) electrons. The molecule has 0 unspecified atom stereocenters. The maximum absolute atomic E-state index is 5.35. The van der Waals surface area contributed by atoms with Gasteiger partial charge in [-0.05, 0) is 56.2 Å². The van der Waals surface area contributed by atoms with Crippen molar-refractivity contribution in [2.75, 3.05) is 44.7 Å².